The van der Waals surface area contributed by atoms with Gasteiger partial charge in [0.1, 0.15) is 12.2 Å². The van der Waals surface area contributed by atoms with Crippen LogP contribution in [0.3, 0.4) is 0 Å². The molecule has 1 heterocycles. The zero-order chi connectivity index (χ0) is 16.8. The molecule has 0 saturated heterocycles. The van der Waals surface area contributed by atoms with Crippen LogP contribution in [0.15, 0.2) is 41.8 Å². The number of carbonyl (C=O) groups is 3. The van der Waals surface area contributed by atoms with Crippen LogP contribution in [0, 0.1) is 5.82 Å². The highest BCUT2D eigenvalue weighted by Crippen LogP contribution is 2.13. The summed E-state index contributed by atoms with van der Waals surface area (Å²) in [6.07, 6.45) is -0.448. The number of carboxylic acid groups (broad SMARTS) is 1. The second kappa shape index (κ2) is 7.64. The smallest absolute Gasteiger partial charge is 0.310 e. The van der Waals surface area contributed by atoms with E-state index in [0.717, 1.165) is 17.0 Å². The first kappa shape index (κ1) is 16.8. The van der Waals surface area contributed by atoms with E-state index in [9.17, 15) is 18.8 Å². The number of carboxylic acids is 1. The van der Waals surface area contributed by atoms with Crippen molar-refractivity contribution in [3.8, 4) is 0 Å². The average Bonchev–Trinajstić information content (AvgIpc) is 2.99. The SMILES string of the molecule is O=C(O)CC(=O)C(Cc1cccs1)NC(=O)c1ccc(F)cc1. The Bertz CT molecular complexity index is 697. The third-order valence-corrected chi connectivity index (χ3v) is 4.01. The maximum atomic E-state index is 12.9. The van der Waals surface area contributed by atoms with E-state index in [4.69, 9.17) is 5.11 Å². The minimum atomic E-state index is -1.25. The summed E-state index contributed by atoms with van der Waals surface area (Å²) in [6, 6.07) is 7.55. The molecular formula is C16H14FNO4S. The van der Waals surface area contributed by atoms with Gasteiger partial charge in [0.05, 0.1) is 6.04 Å². The van der Waals surface area contributed by atoms with Gasteiger partial charge in [-0.1, -0.05) is 6.07 Å². The van der Waals surface area contributed by atoms with Gasteiger partial charge in [0.25, 0.3) is 5.91 Å². The third kappa shape index (κ3) is 5.00. The Kier molecular flexibility index (Phi) is 5.59. The van der Waals surface area contributed by atoms with Crippen LogP contribution in [-0.4, -0.2) is 28.8 Å². The zero-order valence-electron chi connectivity index (χ0n) is 12.0. The van der Waals surface area contributed by atoms with Gasteiger partial charge in [-0.05, 0) is 35.7 Å². The molecule has 2 N–H and O–H groups in total. The summed E-state index contributed by atoms with van der Waals surface area (Å²) in [4.78, 5) is 35.8. The monoisotopic (exact) mass is 335 g/mol. The molecule has 0 fully saturated rings. The summed E-state index contributed by atoms with van der Waals surface area (Å²) in [5.41, 5.74) is 0.200. The van der Waals surface area contributed by atoms with Gasteiger partial charge in [-0.3, -0.25) is 14.4 Å². The van der Waals surface area contributed by atoms with Gasteiger partial charge in [0.2, 0.25) is 0 Å². The fraction of sp³-hybridized carbons (Fsp3) is 0.188. The van der Waals surface area contributed by atoms with Gasteiger partial charge in [0.15, 0.2) is 5.78 Å². The van der Waals surface area contributed by atoms with Gasteiger partial charge < -0.3 is 10.4 Å². The Labute approximate surface area is 135 Å². The predicted molar refractivity (Wildman–Crippen MR) is 82.9 cm³/mol. The highest BCUT2D eigenvalue weighted by Gasteiger charge is 2.24. The topological polar surface area (TPSA) is 83.5 Å². The number of hydrogen-bond acceptors (Lipinski definition) is 4. The van der Waals surface area contributed by atoms with E-state index in [-0.39, 0.29) is 12.0 Å². The number of rotatable bonds is 7. The van der Waals surface area contributed by atoms with Crippen LogP contribution in [0.5, 0.6) is 0 Å². The number of ketones is 1. The van der Waals surface area contributed by atoms with Crippen LogP contribution in [0.4, 0.5) is 4.39 Å². The molecule has 0 radical (unpaired) electrons. The molecule has 120 valence electrons. The van der Waals surface area contributed by atoms with Crippen molar-refractivity contribution in [2.24, 2.45) is 0 Å². The summed E-state index contributed by atoms with van der Waals surface area (Å²) in [7, 11) is 0. The van der Waals surface area contributed by atoms with E-state index in [1.807, 2.05) is 5.38 Å². The highest BCUT2D eigenvalue weighted by atomic mass is 32.1. The van der Waals surface area contributed by atoms with Crippen LogP contribution in [0.1, 0.15) is 21.7 Å². The Morgan fingerprint density at radius 1 is 1.17 bits per heavy atom. The molecule has 2 rings (SSSR count). The fourth-order valence-corrected chi connectivity index (χ4v) is 2.74. The Morgan fingerprint density at radius 2 is 1.87 bits per heavy atom. The van der Waals surface area contributed by atoms with Crippen molar-refractivity contribution in [1.29, 1.82) is 0 Å². The first-order valence-electron chi connectivity index (χ1n) is 6.79. The van der Waals surface area contributed by atoms with Gasteiger partial charge in [-0.2, -0.15) is 0 Å². The number of hydrogen-bond donors (Lipinski definition) is 2. The van der Waals surface area contributed by atoms with Crippen LogP contribution in [0.25, 0.3) is 0 Å². The second-order valence-corrected chi connectivity index (χ2v) is 5.89. The summed E-state index contributed by atoms with van der Waals surface area (Å²) >= 11 is 1.41. The van der Waals surface area contributed by atoms with Gasteiger partial charge in [0, 0.05) is 16.9 Å². The molecule has 23 heavy (non-hydrogen) atoms. The number of carbonyl (C=O) groups excluding carboxylic acids is 2. The Morgan fingerprint density at radius 3 is 2.43 bits per heavy atom. The number of halogens is 1. The molecule has 0 saturated carbocycles. The molecule has 0 aliphatic rings. The van der Waals surface area contributed by atoms with Crippen LogP contribution in [-0.2, 0) is 16.0 Å². The van der Waals surface area contributed by atoms with E-state index in [0.29, 0.717) is 0 Å². The highest BCUT2D eigenvalue weighted by molar-refractivity contribution is 7.09. The number of thiophene rings is 1. The Hall–Kier alpha value is -2.54. The lowest BCUT2D eigenvalue weighted by Gasteiger charge is -2.16. The summed E-state index contributed by atoms with van der Waals surface area (Å²) < 4.78 is 12.9. The Balaban J connectivity index is 2.12. The van der Waals surface area contributed by atoms with Crippen molar-refractivity contribution in [3.05, 3.63) is 58.0 Å². The molecule has 7 heteroatoms. The van der Waals surface area contributed by atoms with Crippen molar-refractivity contribution >= 4 is 29.0 Å². The van der Waals surface area contributed by atoms with Gasteiger partial charge in [-0.25, -0.2) is 4.39 Å². The number of Topliss-reactive ketones (excluding diaryl/α,β-unsaturated/α-hetero) is 1. The number of benzene rings is 1. The predicted octanol–water partition coefficient (Wildman–Crippen LogP) is 2.27. The minimum Gasteiger partial charge on any atom is -0.481 e. The van der Waals surface area contributed by atoms with E-state index in [1.165, 1.54) is 23.5 Å². The quantitative estimate of drug-likeness (QED) is 0.760. The lowest BCUT2D eigenvalue weighted by molar-refractivity contribution is -0.140. The van der Waals surface area contributed by atoms with Crippen molar-refractivity contribution in [3.63, 3.8) is 0 Å². The van der Waals surface area contributed by atoms with E-state index in [1.54, 1.807) is 12.1 Å². The largest absolute Gasteiger partial charge is 0.481 e. The van der Waals surface area contributed by atoms with Crippen LogP contribution in [0.2, 0.25) is 0 Å². The molecule has 0 bridgehead atoms. The molecule has 1 amide bonds. The maximum absolute atomic E-state index is 12.9. The lowest BCUT2D eigenvalue weighted by Crippen LogP contribution is -2.43. The first-order chi connectivity index (χ1) is 11.0. The molecule has 1 atom stereocenters. The molecule has 1 aromatic carbocycles. The average molecular weight is 335 g/mol. The van der Waals surface area contributed by atoms with Crippen LogP contribution < -0.4 is 5.32 Å². The molecule has 5 nitrogen and oxygen atoms in total. The summed E-state index contributed by atoms with van der Waals surface area (Å²) in [5, 5.41) is 13.1. The third-order valence-electron chi connectivity index (χ3n) is 3.11. The zero-order valence-corrected chi connectivity index (χ0v) is 12.8. The minimum absolute atomic E-state index is 0.200. The van der Waals surface area contributed by atoms with E-state index < -0.39 is 35.9 Å². The standard InChI is InChI=1S/C16H14FNO4S/c17-11-5-3-10(4-6-11)16(22)18-13(14(19)9-15(20)21)8-12-2-1-7-23-12/h1-7,13H,8-9H2,(H,18,22)(H,20,21). The lowest BCUT2D eigenvalue weighted by atomic mass is 10.0. The molecule has 0 spiro atoms. The van der Waals surface area contributed by atoms with Crippen LogP contribution >= 0.6 is 11.3 Å². The van der Waals surface area contributed by atoms with E-state index >= 15 is 0 Å². The first-order valence-corrected chi connectivity index (χ1v) is 7.67. The fourth-order valence-electron chi connectivity index (χ4n) is 1.99. The van der Waals surface area contributed by atoms with Gasteiger partial charge >= 0.3 is 5.97 Å². The molecule has 0 aliphatic heterocycles. The molecule has 0 aliphatic carbocycles. The van der Waals surface area contributed by atoms with Crippen molar-refractivity contribution in [2.45, 2.75) is 18.9 Å². The molecule has 1 aromatic heterocycles. The molecular weight excluding hydrogens is 321 g/mol. The van der Waals surface area contributed by atoms with E-state index in [2.05, 4.69) is 5.32 Å². The molecule has 1 unspecified atom stereocenters. The van der Waals surface area contributed by atoms with Crippen molar-refractivity contribution in [2.75, 3.05) is 0 Å². The second-order valence-electron chi connectivity index (χ2n) is 4.85. The van der Waals surface area contributed by atoms with Crippen molar-refractivity contribution < 1.29 is 23.9 Å². The van der Waals surface area contributed by atoms with Crippen molar-refractivity contribution in [1.82, 2.24) is 5.32 Å². The van der Waals surface area contributed by atoms with Gasteiger partial charge in [-0.15, -0.1) is 11.3 Å². The summed E-state index contributed by atoms with van der Waals surface area (Å²) in [6.45, 7) is 0. The maximum Gasteiger partial charge on any atom is 0.310 e. The number of nitrogens with one attached hydrogen (secondary N) is 1. The summed E-state index contributed by atoms with van der Waals surface area (Å²) in [5.74, 6) is -2.85. The number of amides is 1. The number of aliphatic carboxylic acids is 1. The normalized spacial score (nSPS) is 11.7. The molecule has 2 aromatic rings.